The summed E-state index contributed by atoms with van der Waals surface area (Å²) >= 11 is 0. The number of nitrogens with zero attached hydrogens (tertiary/aromatic N) is 1. The molecule has 1 N–H and O–H groups in total. The molecule has 2 nitrogen and oxygen atoms in total. The SMILES string of the molecule is CCCC[N+](CC)(CC)Cc1ccccc1.[OH-]. The minimum absolute atomic E-state index is 0. The van der Waals surface area contributed by atoms with E-state index in [-0.39, 0.29) is 5.48 Å². The molecule has 0 unspecified atom stereocenters. The summed E-state index contributed by atoms with van der Waals surface area (Å²) in [5.41, 5.74) is 1.47. The van der Waals surface area contributed by atoms with Gasteiger partial charge in [0.05, 0.1) is 19.6 Å². The molecule has 0 fully saturated rings. The van der Waals surface area contributed by atoms with Crippen molar-refractivity contribution in [3.05, 3.63) is 35.9 Å². The van der Waals surface area contributed by atoms with Gasteiger partial charge in [-0.3, -0.25) is 0 Å². The van der Waals surface area contributed by atoms with Gasteiger partial charge in [0.2, 0.25) is 0 Å². The van der Waals surface area contributed by atoms with Crippen molar-refractivity contribution in [2.75, 3.05) is 19.6 Å². The van der Waals surface area contributed by atoms with Gasteiger partial charge in [0.1, 0.15) is 6.54 Å². The van der Waals surface area contributed by atoms with Gasteiger partial charge in [-0.1, -0.05) is 43.7 Å². The van der Waals surface area contributed by atoms with Gasteiger partial charge in [-0.15, -0.1) is 0 Å². The van der Waals surface area contributed by atoms with E-state index in [1.54, 1.807) is 0 Å². The van der Waals surface area contributed by atoms with Crippen molar-refractivity contribution in [3.63, 3.8) is 0 Å². The number of benzene rings is 1. The lowest BCUT2D eigenvalue weighted by atomic mass is 10.1. The third-order valence-corrected chi connectivity index (χ3v) is 3.69. The van der Waals surface area contributed by atoms with Crippen LogP contribution in [0.3, 0.4) is 0 Å². The van der Waals surface area contributed by atoms with Gasteiger partial charge in [0, 0.05) is 5.56 Å². The van der Waals surface area contributed by atoms with Crippen LogP contribution in [0.2, 0.25) is 0 Å². The Morgan fingerprint density at radius 1 is 0.941 bits per heavy atom. The van der Waals surface area contributed by atoms with Crippen LogP contribution in [0.15, 0.2) is 30.3 Å². The van der Waals surface area contributed by atoms with Crippen molar-refractivity contribution in [3.8, 4) is 0 Å². The molecular weight excluding hydrogens is 210 g/mol. The van der Waals surface area contributed by atoms with Crippen LogP contribution in [0.4, 0.5) is 0 Å². The average molecular weight is 237 g/mol. The molecular formula is C15H27NO. The number of hydrogen-bond acceptors (Lipinski definition) is 1. The quantitative estimate of drug-likeness (QED) is 0.665. The molecule has 1 aromatic carbocycles. The second-order valence-electron chi connectivity index (χ2n) is 4.69. The van der Waals surface area contributed by atoms with Gasteiger partial charge in [0.25, 0.3) is 0 Å². The Kier molecular flexibility index (Phi) is 7.85. The van der Waals surface area contributed by atoms with Crippen LogP contribution in [0.5, 0.6) is 0 Å². The molecule has 0 bridgehead atoms. The van der Waals surface area contributed by atoms with E-state index >= 15 is 0 Å². The Morgan fingerprint density at radius 3 is 2.00 bits per heavy atom. The van der Waals surface area contributed by atoms with Crippen LogP contribution in [-0.4, -0.2) is 29.6 Å². The van der Waals surface area contributed by atoms with Gasteiger partial charge < -0.3 is 9.96 Å². The Balaban J connectivity index is 0.00000256. The Morgan fingerprint density at radius 2 is 1.53 bits per heavy atom. The molecule has 0 heterocycles. The molecule has 1 rings (SSSR count). The Labute approximate surface area is 106 Å². The highest BCUT2D eigenvalue weighted by molar-refractivity contribution is 5.13. The smallest absolute Gasteiger partial charge is 0.104 e. The minimum atomic E-state index is 0. The maximum absolute atomic E-state index is 2.32. The molecule has 0 aliphatic rings. The standard InChI is InChI=1S/C15H26N.H2O/c1-4-7-13-16(5-2,6-3)14-15-11-9-8-10-12-15;/h8-12H,4-7,13-14H2,1-3H3;1H2/q+1;/p-1. The minimum Gasteiger partial charge on any atom is -0.870 e. The Hall–Kier alpha value is -0.860. The van der Waals surface area contributed by atoms with Crippen LogP contribution >= 0.6 is 0 Å². The van der Waals surface area contributed by atoms with Crippen LogP contribution in [0, 0.1) is 0 Å². The lowest BCUT2D eigenvalue weighted by molar-refractivity contribution is -0.938. The van der Waals surface area contributed by atoms with E-state index in [0.717, 1.165) is 0 Å². The highest BCUT2D eigenvalue weighted by atomic mass is 16.0. The fraction of sp³-hybridized carbons (Fsp3) is 0.600. The largest absolute Gasteiger partial charge is 0.870 e. The molecule has 1 aromatic rings. The zero-order valence-corrected chi connectivity index (χ0v) is 11.5. The predicted molar refractivity (Wildman–Crippen MR) is 73.2 cm³/mol. The van der Waals surface area contributed by atoms with Gasteiger partial charge in [0.15, 0.2) is 0 Å². The zero-order chi connectivity index (χ0) is 11.9. The Bertz CT molecular complexity index is 280. The summed E-state index contributed by atoms with van der Waals surface area (Å²) in [7, 11) is 0. The second-order valence-corrected chi connectivity index (χ2v) is 4.69. The number of rotatable bonds is 7. The molecule has 0 radical (unpaired) electrons. The molecule has 0 spiro atoms. The molecule has 98 valence electrons. The second kappa shape index (κ2) is 8.26. The van der Waals surface area contributed by atoms with Crippen molar-refractivity contribution in [2.24, 2.45) is 0 Å². The molecule has 0 atom stereocenters. The van der Waals surface area contributed by atoms with E-state index in [4.69, 9.17) is 0 Å². The molecule has 0 aliphatic heterocycles. The van der Waals surface area contributed by atoms with E-state index in [1.165, 1.54) is 49.1 Å². The maximum Gasteiger partial charge on any atom is 0.104 e. The number of quaternary nitrogens is 1. The predicted octanol–water partition coefficient (Wildman–Crippen LogP) is 3.67. The summed E-state index contributed by atoms with van der Waals surface area (Å²) < 4.78 is 1.23. The van der Waals surface area contributed by atoms with Gasteiger partial charge in [-0.25, -0.2) is 0 Å². The van der Waals surface area contributed by atoms with E-state index in [2.05, 4.69) is 51.1 Å². The summed E-state index contributed by atoms with van der Waals surface area (Å²) in [4.78, 5) is 0. The highest BCUT2D eigenvalue weighted by Crippen LogP contribution is 2.15. The normalized spacial score (nSPS) is 11.0. The van der Waals surface area contributed by atoms with Crippen LogP contribution < -0.4 is 0 Å². The van der Waals surface area contributed by atoms with Crippen molar-refractivity contribution >= 4 is 0 Å². The molecule has 2 heteroatoms. The van der Waals surface area contributed by atoms with Crippen LogP contribution in [-0.2, 0) is 6.54 Å². The number of hydrogen-bond donors (Lipinski definition) is 0. The molecule has 0 amide bonds. The van der Waals surface area contributed by atoms with Crippen molar-refractivity contribution < 1.29 is 9.96 Å². The van der Waals surface area contributed by atoms with Crippen molar-refractivity contribution in [1.29, 1.82) is 0 Å². The fourth-order valence-corrected chi connectivity index (χ4v) is 2.31. The monoisotopic (exact) mass is 237 g/mol. The maximum atomic E-state index is 2.32. The van der Waals surface area contributed by atoms with E-state index < -0.39 is 0 Å². The van der Waals surface area contributed by atoms with Crippen LogP contribution in [0.1, 0.15) is 39.2 Å². The molecule has 0 aliphatic carbocycles. The number of unbranched alkanes of at least 4 members (excludes halogenated alkanes) is 1. The van der Waals surface area contributed by atoms with Crippen molar-refractivity contribution in [1.82, 2.24) is 0 Å². The summed E-state index contributed by atoms with van der Waals surface area (Å²) in [6, 6.07) is 10.9. The van der Waals surface area contributed by atoms with Gasteiger partial charge >= 0.3 is 0 Å². The lowest BCUT2D eigenvalue weighted by Gasteiger charge is -2.37. The summed E-state index contributed by atoms with van der Waals surface area (Å²) in [5.74, 6) is 0. The highest BCUT2D eigenvalue weighted by Gasteiger charge is 2.22. The topological polar surface area (TPSA) is 30.0 Å². The average Bonchev–Trinajstić information content (AvgIpc) is 2.36. The van der Waals surface area contributed by atoms with Gasteiger partial charge in [-0.2, -0.15) is 0 Å². The molecule has 0 saturated heterocycles. The summed E-state index contributed by atoms with van der Waals surface area (Å²) in [6.45, 7) is 11.9. The van der Waals surface area contributed by atoms with Crippen molar-refractivity contribution in [2.45, 2.75) is 40.2 Å². The molecule has 0 saturated carbocycles. The third-order valence-electron chi connectivity index (χ3n) is 3.69. The first-order valence-electron chi connectivity index (χ1n) is 6.65. The first kappa shape index (κ1) is 16.1. The van der Waals surface area contributed by atoms with E-state index in [0.29, 0.717) is 0 Å². The summed E-state index contributed by atoms with van der Waals surface area (Å²) in [5, 5.41) is 0. The lowest BCUT2D eigenvalue weighted by Crippen LogP contribution is -2.47. The fourth-order valence-electron chi connectivity index (χ4n) is 2.31. The van der Waals surface area contributed by atoms with Gasteiger partial charge in [-0.05, 0) is 20.3 Å². The third kappa shape index (κ3) is 4.88. The van der Waals surface area contributed by atoms with E-state index in [9.17, 15) is 0 Å². The molecule has 17 heavy (non-hydrogen) atoms. The summed E-state index contributed by atoms with van der Waals surface area (Å²) in [6.07, 6.45) is 2.64. The zero-order valence-electron chi connectivity index (χ0n) is 11.5. The molecule has 0 aromatic heterocycles. The van der Waals surface area contributed by atoms with Crippen LogP contribution in [0.25, 0.3) is 0 Å². The first-order chi connectivity index (χ1) is 7.76. The van der Waals surface area contributed by atoms with E-state index in [1.807, 2.05) is 0 Å². The first-order valence-corrected chi connectivity index (χ1v) is 6.65.